The Labute approximate surface area is 163 Å². The molecule has 3 rings (SSSR count). The first-order valence-electron chi connectivity index (χ1n) is 8.85. The summed E-state index contributed by atoms with van der Waals surface area (Å²) < 4.78 is 21.4. The van der Waals surface area contributed by atoms with Crippen LogP contribution in [0.15, 0.2) is 30.3 Å². The number of aromatic nitrogens is 2. The fraction of sp³-hybridized carbons (Fsp3) is 0.421. The highest BCUT2D eigenvalue weighted by Gasteiger charge is 2.24. The molecule has 9 nitrogen and oxygen atoms in total. The van der Waals surface area contributed by atoms with Crippen LogP contribution >= 0.6 is 0 Å². The smallest absolute Gasteiger partial charge is 0.426 e. The SMILES string of the molecule is COc1ccc(-c2ccc(NNC(=O)OC(C)(C)C)nn2)c(OCC2CO2)c1. The van der Waals surface area contributed by atoms with Crippen molar-refractivity contribution in [2.45, 2.75) is 32.5 Å². The van der Waals surface area contributed by atoms with Gasteiger partial charge < -0.3 is 18.9 Å². The van der Waals surface area contributed by atoms with E-state index in [1.165, 1.54) is 0 Å². The van der Waals surface area contributed by atoms with E-state index in [0.717, 1.165) is 5.56 Å². The summed E-state index contributed by atoms with van der Waals surface area (Å²) in [7, 11) is 1.60. The number of ether oxygens (including phenoxy) is 4. The number of hydrazine groups is 1. The topological polar surface area (TPSA) is 107 Å². The van der Waals surface area contributed by atoms with Crippen LogP contribution in [0.25, 0.3) is 11.3 Å². The summed E-state index contributed by atoms with van der Waals surface area (Å²) in [5, 5.41) is 8.28. The van der Waals surface area contributed by atoms with Gasteiger partial charge in [0.25, 0.3) is 0 Å². The summed E-state index contributed by atoms with van der Waals surface area (Å²) in [4.78, 5) is 11.7. The number of hydrogen-bond acceptors (Lipinski definition) is 8. The average molecular weight is 388 g/mol. The molecule has 0 spiro atoms. The third kappa shape index (κ3) is 5.71. The maximum atomic E-state index is 11.7. The van der Waals surface area contributed by atoms with Gasteiger partial charge in [0.1, 0.15) is 29.8 Å². The predicted octanol–water partition coefficient (Wildman–Crippen LogP) is 2.78. The summed E-state index contributed by atoms with van der Waals surface area (Å²) in [6, 6.07) is 8.95. The fourth-order valence-electron chi connectivity index (χ4n) is 2.27. The number of carbonyl (C=O) groups excluding carboxylic acids is 1. The quantitative estimate of drug-likeness (QED) is 0.551. The van der Waals surface area contributed by atoms with E-state index in [-0.39, 0.29) is 6.10 Å². The number of epoxide rings is 1. The number of rotatable bonds is 7. The molecule has 9 heteroatoms. The molecule has 1 aliphatic heterocycles. The standard InChI is InChI=1S/C19H24N4O5/c1-19(2,3)28-18(24)23-22-17-8-7-15(20-21-17)14-6-5-12(25-4)9-16(14)27-11-13-10-26-13/h5-9,13H,10-11H2,1-4H3,(H,21,22)(H,23,24). The van der Waals surface area contributed by atoms with Crippen LogP contribution in [0.5, 0.6) is 11.5 Å². The number of nitrogens with zero attached hydrogens (tertiary/aromatic N) is 2. The zero-order chi connectivity index (χ0) is 20.1. The molecule has 1 aromatic heterocycles. The summed E-state index contributed by atoms with van der Waals surface area (Å²) in [6.45, 7) is 6.53. The molecule has 1 saturated heterocycles. The predicted molar refractivity (Wildman–Crippen MR) is 102 cm³/mol. The molecule has 1 unspecified atom stereocenters. The molecule has 1 aromatic carbocycles. The van der Waals surface area contributed by atoms with E-state index in [2.05, 4.69) is 21.0 Å². The van der Waals surface area contributed by atoms with E-state index >= 15 is 0 Å². The van der Waals surface area contributed by atoms with Gasteiger partial charge in [-0.25, -0.2) is 10.2 Å². The van der Waals surface area contributed by atoms with Gasteiger partial charge in [-0.1, -0.05) is 0 Å². The van der Waals surface area contributed by atoms with Gasteiger partial charge in [0, 0.05) is 11.6 Å². The summed E-state index contributed by atoms with van der Waals surface area (Å²) in [5.41, 5.74) is 5.89. The van der Waals surface area contributed by atoms with Gasteiger partial charge in [0.15, 0.2) is 5.82 Å². The van der Waals surface area contributed by atoms with Crippen LogP contribution in [0.2, 0.25) is 0 Å². The number of anilines is 1. The first-order chi connectivity index (χ1) is 13.3. The highest BCUT2D eigenvalue weighted by Crippen LogP contribution is 2.33. The Morgan fingerprint density at radius 1 is 1.25 bits per heavy atom. The van der Waals surface area contributed by atoms with Crippen molar-refractivity contribution in [1.82, 2.24) is 15.6 Å². The lowest BCUT2D eigenvalue weighted by Crippen LogP contribution is -2.36. The Hall–Kier alpha value is -3.07. The zero-order valence-electron chi connectivity index (χ0n) is 16.3. The molecule has 2 N–H and O–H groups in total. The van der Waals surface area contributed by atoms with Gasteiger partial charge in [-0.2, -0.15) is 0 Å². The second-order valence-electron chi connectivity index (χ2n) is 7.18. The molecule has 0 radical (unpaired) electrons. The van der Waals surface area contributed by atoms with Crippen LogP contribution in [0, 0.1) is 0 Å². The fourth-order valence-corrected chi connectivity index (χ4v) is 2.27. The molecular formula is C19H24N4O5. The number of nitrogens with one attached hydrogen (secondary N) is 2. The lowest BCUT2D eigenvalue weighted by Gasteiger charge is -2.19. The molecule has 2 heterocycles. The lowest BCUT2D eigenvalue weighted by molar-refractivity contribution is 0.0541. The monoisotopic (exact) mass is 388 g/mol. The number of amides is 1. The van der Waals surface area contributed by atoms with Gasteiger partial charge in [-0.3, -0.25) is 5.43 Å². The Morgan fingerprint density at radius 2 is 2.04 bits per heavy atom. The second-order valence-corrected chi connectivity index (χ2v) is 7.18. The highest BCUT2D eigenvalue weighted by atomic mass is 16.6. The van der Waals surface area contributed by atoms with E-state index in [4.69, 9.17) is 18.9 Å². The number of carbonyl (C=O) groups is 1. The molecule has 0 aliphatic carbocycles. The Kier molecular flexibility index (Phi) is 5.84. The Bertz CT molecular complexity index is 816. The minimum absolute atomic E-state index is 0.135. The van der Waals surface area contributed by atoms with E-state index in [0.29, 0.717) is 36.2 Å². The van der Waals surface area contributed by atoms with Gasteiger partial charge >= 0.3 is 6.09 Å². The van der Waals surface area contributed by atoms with E-state index in [1.54, 1.807) is 46.1 Å². The Morgan fingerprint density at radius 3 is 2.64 bits per heavy atom. The molecule has 0 bridgehead atoms. The Balaban J connectivity index is 1.67. The van der Waals surface area contributed by atoms with Crippen molar-refractivity contribution in [2.24, 2.45) is 0 Å². The van der Waals surface area contributed by atoms with Crippen LogP contribution < -0.4 is 20.3 Å². The van der Waals surface area contributed by atoms with E-state index in [1.807, 2.05) is 12.1 Å². The summed E-state index contributed by atoms with van der Waals surface area (Å²) in [5.74, 6) is 1.69. The number of hydrogen-bond donors (Lipinski definition) is 2. The van der Waals surface area contributed by atoms with Crippen molar-refractivity contribution < 1.29 is 23.7 Å². The summed E-state index contributed by atoms with van der Waals surface area (Å²) >= 11 is 0. The minimum Gasteiger partial charge on any atom is -0.497 e. The lowest BCUT2D eigenvalue weighted by atomic mass is 10.1. The van der Waals surface area contributed by atoms with Crippen molar-refractivity contribution in [2.75, 3.05) is 25.7 Å². The van der Waals surface area contributed by atoms with Crippen LogP contribution in [0.3, 0.4) is 0 Å². The van der Waals surface area contributed by atoms with Crippen molar-refractivity contribution >= 4 is 11.9 Å². The molecule has 28 heavy (non-hydrogen) atoms. The first kappa shape index (κ1) is 19.7. The van der Waals surface area contributed by atoms with Crippen LogP contribution in [-0.4, -0.2) is 48.3 Å². The van der Waals surface area contributed by atoms with Crippen molar-refractivity contribution in [3.63, 3.8) is 0 Å². The first-order valence-corrected chi connectivity index (χ1v) is 8.85. The van der Waals surface area contributed by atoms with Crippen molar-refractivity contribution in [3.8, 4) is 22.8 Å². The molecular weight excluding hydrogens is 364 g/mol. The maximum absolute atomic E-state index is 11.7. The third-order valence-electron chi connectivity index (χ3n) is 3.65. The summed E-state index contributed by atoms with van der Waals surface area (Å²) in [6.07, 6.45) is -0.470. The normalized spacial score (nSPS) is 15.5. The van der Waals surface area contributed by atoms with Crippen LogP contribution in [0.4, 0.5) is 10.6 Å². The van der Waals surface area contributed by atoms with Gasteiger partial charge in [-0.15, -0.1) is 10.2 Å². The second kappa shape index (κ2) is 8.30. The molecule has 1 aliphatic rings. The minimum atomic E-state index is -0.605. The van der Waals surface area contributed by atoms with E-state index in [9.17, 15) is 4.79 Å². The molecule has 1 atom stereocenters. The number of benzene rings is 1. The van der Waals surface area contributed by atoms with Crippen molar-refractivity contribution in [1.29, 1.82) is 0 Å². The number of methoxy groups -OCH3 is 1. The molecule has 0 saturated carbocycles. The molecule has 150 valence electrons. The average Bonchev–Trinajstić information content (AvgIpc) is 3.48. The van der Waals surface area contributed by atoms with Crippen molar-refractivity contribution in [3.05, 3.63) is 30.3 Å². The van der Waals surface area contributed by atoms with E-state index < -0.39 is 11.7 Å². The van der Waals surface area contributed by atoms with Gasteiger partial charge in [-0.05, 0) is 45.0 Å². The largest absolute Gasteiger partial charge is 0.497 e. The molecule has 1 fully saturated rings. The molecule has 1 amide bonds. The zero-order valence-corrected chi connectivity index (χ0v) is 16.3. The van der Waals surface area contributed by atoms with Crippen LogP contribution in [0.1, 0.15) is 20.8 Å². The third-order valence-corrected chi connectivity index (χ3v) is 3.65. The van der Waals surface area contributed by atoms with Gasteiger partial charge in [0.2, 0.25) is 0 Å². The van der Waals surface area contributed by atoms with Crippen LogP contribution in [-0.2, 0) is 9.47 Å². The maximum Gasteiger partial charge on any atom is 0.426 e. The highest BCUT2D eigenvalue weighted by molar-refractivity contribution is 5.70. The van der Waals surface area contributed by atoms with Gasteiger partial charge in [0.05, 0.1) is 19.4 Å². The molecule has 2 aromatic rings.